The van der Waals surface area contributed by atoms with Crippen LogP contribution >= 0.6 is 11.6 Å². The summed E-state index contributed by atoms with van der Waals surface area (Å²) >= 11 is 5.71. The van der Waals surface area contributed by atoms with Crippen LogP contribution in [-0.4, -0.2) is 0 Å². The Labute approximate surface area is 161 Å². The minimum atomic E-state index is 0. The van der Waals surface area contributed by atoms with Crippen LogP contribution in [0.5, 0.6) is 0 Å². The third-order valence-electron chi connectivity index (χ3n) is 4.45. The highest BCUT2D eigenvalue weighted by atomic mass is 35.5. The molecule has 0 bridgehead atoms. The monoisotopic (exact) mass is 360 g/mol. The highest BCUT2D eigenvalue weighted by Crippen LogP contribution is 2.30. The molecular weight excluding hydrogens is 324 g/mol. The zero-order chi connectivity index (χ0) is 17.8. The molecular formula is C24H37Cl. The van der Waals surface area contributed by atoms with Gasteiger partial charge in [-0.05, 0) is 54.9 Å². The van der Waals surface area contributed by atoms with Gasteiger partial charge in [-0.1, -0.05) is 102 Å². The van der Waals surface area contributed by atoms with Crippen molar-refractivity contribution in [1.29, 1.82) is 0 Å². The largest absolute Gasteiger partial charge is 0.0841 e. The minimum Gasteiger partial charge on any atom is -0.0841 e. The van der Waals surface area contributed by atoms with Gasteiger partial charge in [-0.25, -0.2) is 0 Å². The Hall–Kier alpha value is -1.27. The highest BCUT2D eigenvalue weighted by Gasteiger charge is 2.14. The Balaban J connectivity index is 0.000000367. The molecule has 0 amide bonds. The SMILES string of the molecule is C.CC1CCCc2ccccc21.CCCCC.Cc1ccccc1Cl. The maximum absolute atomic E-state index is 5.71. The number of hydrogen-bond acceptors (Lipinski definition) is 0. The van der Waals surface area contributed by atoms with Gasteiger partial charge in [-0.3, -0.25) is 0 Å². The van der Waals surface area contributed by atoms with Gasteiger partial charge in [-0.15, -0.1) is 0 Å². The molecule has 0 aromatic heterocycles. The van der Waals surface area contributed by atoms with Gasteiger partial charge < -0.3 is 0 Å². The quantitative estimate of drug-likeness (QED) is 0.502. The van der Waals surface area contributed by atoms with Crippen molar-refractivity contribution in [2.24, 2.45) is 0 Å². The molecule has 2 aromatic rings. The molecule has 0 radical (unpaired) electrons. The Morgan fingerprint density at radius 2 is 1.56 bits per heavy atom. The highest BCUT2D eigenvalue weighted by molar-refractivity contribution is 6.31. The Kier molecular flexibility index (Phi) is 13.2. The van der Waals surface area contributed by atoms with Crippen molar-refractivity contribution in [3.8, 4) is 0 Å². The van der Waals surface area contributed by atoms with Gasteiger partial charge in [0.1, 0.15) is 0 Å². The van der Waals surface area contributed by atoms with Crippen LogP contribution in [0.15, 0.2) is 48.5 Å². The van der Waals surface area contributed by atoms with E-state index in [1.807, 2.05) is 31.2 Å². The second-order valence-corrected chi connectivity index (χ2v) is 7.00. The zero-order valence-corrected chi connectivity index (χ0v) is 16.6. The van der Waals surface area contributed by atoms with E-state index in [9.17, 15) is 0 Å². The lowest BCUT2D eigenvalue weighted by Crippen LogP contribution is -2.05. The molecule has 0 saturated carbocycles. The van der Waals surface area contributed by atoms with Crippen LogP contribution in [-0.2, 0) is 6.42 Å². The summed E-state index contributed by atoms with van der Waals surface area (Å²) < 4.78 is 0. The van der Waals surface area contributed by atoms with Crippen LogP contribution in [0.3, 0.4) is 0 Å². The lowest BCUT2D eigenvalue weighted by atomic mass is 9.84. The minimum absolute atomic E-state index is 0. The lowest BCUT2D eigenvalue weighted by Gasteiger charge is -2.21. The van der Waals surface area contributed by atoms with Crippen LogP contribution in [0.4, 0.5) is 0 Å². The fourth-order valence-electron chi connectivity index (χ4n) is 2.90. The summed E-state index contributed by atoms with van der Waals surface area (Å²) in [5.41, 5.74) is 4.29. The summed E-state index contributed by atoms with van der Waals surface area (Å²) in [5.74, 6) is 0.792. The summed E-state index contributed by atoms with van der Waals surface area (Å²) in [6, 6.07) is 16.6. The maximum atomic E-state index is 5.71. The molecule has 1 heteroatoms. The zero-order valence-electron chi connectivity index (χ0n) is 15.8. The van der Waals surface area contributed by atoms with Gasteiger partial charge in [0.05, 0.1) is 0 Å². The third-order valence-corrected chi connectivity index (χ3v) is 4.88. The van der Waals surface area contributed by atoms with E-state index < -0.39 is 0 Å². The molecule has 0 heterocycles. The first-order valence-electron chi connectivity index (χ1n) is 9.39. The van der Waals surface area contributed by atoms with Crippen LogP contribution in [0.2, 0.25) is 5.02 Å². The van der Waals surface area contributed by atoms with E-state index in [1.54, 1.807) is 11.1 Å². The molecule has 1 unspecified atom stereocenters. The summed E-state index contributed by atoms with van der Waals surface area (Å²) in [5, 5.41) is 0.840. The van der Waals surface area contributed by atoms with Crippen molar-refractivity contribution < 1.29 is 0 Å². The van der Waals surface area contributed by atoms with Crippen molar-refractivity contribution in [3.63, 3.8) is 0 Å². The number of halogens is 1. The smallest absolute Gasteiger partial charge is 0.0435 e. The van der Waals surface area contributed by atoms with Gasteiger partial charge >= 0.3 is 0 Å². The summed E-state index contributed by atoms with van der Waals surface area (Å²) in [6.07, 6.45) is 8.11. The van der Waals surface area contributed by atoms with Gasteiger partial charge in [-0.2, -0.15) is 0 Å². The molecule has 1 atom stereocenters. The summed E-state index contributed by atoms with van der Waals surface area (Å²) in [4.78, 5) is 0. The van der Waals surface area contributed by atoms with E-state index in [1.165, 1.54) is 38.5 Å². The average molecular weight is 361 g/mol. The molecule has 2 aromatic carbocycles. The Bertz CT molecular complexity index is 551. The summed E-state index contributed by atoms with van der Waals surface area (Å²) in [6.45, 7) is 8.74. The van der Waals surface area contributed by atoms with Crippen molar-refractivity contribution in [1.82, 2.24) is 0 Å². The number of unbranched alkanes of at least 4 members (excludes halogenated alkanes) is 2. The van der Waals surface area contributed by atoms with E-state index in [0.29, 0.717) is 0 Å². The van der Waals surface area contributed by atoms with E-state index >= 15 is 0 Å². The number of aryl methyl sites for hydroxylation is 2. The molecule has 0 nitrogen and oxygen atoms in total. The summed E-state index contributed by atoms with van der Waals surface area (Å²) in [7, 11) is 0. The van der Waals surface area contributed by atoms with Crippen molar-refractivity contribution >= 4 is 11.6 Å². The first-order valence-corrected chi connectivity index (χ1v) is 9.76. The van der Waals surface area contributed by atoms with Gasteiger partial charge in [0, 0.05) is 5.02 Å². The number of hydrogen-bond donors (Lipinski definition) is 0. The molecule has 1 aliphatic rings. The molecule has 3 rings (SSSR count). The number of rotatable bonds is 2. The molecule has 0 fully saturated rings. The lowest BCUT2D eigenvalue weighted by molar-refractivity contribution is 0.590. The van der Waals surface area contributed by atoms with E-state index in [-0.39, 0.29) is 7.43 Å². The van der Waals surface area contributed by atoms with Crippen molar-refractivity contribution in [2.45, 2.75) is 79.6 Å². The van der Waals surface area contributed by atoms with Crippen LogP contribution in [0.25, 0.3) is 0 Å². The maximum Gasteiger partial charge on any atom is 0.0435 e. The van der Waals surface area contributed by atoms with E-state index in [2.05, 4.69) is 45.0 Å². The molecule has 0 spiro atoms. The van der Waals surface area contributed by atoms with E-state index in [0.717, 1.165) is 16.5 Å². The first-order chi connectivity index (χ1) is 11.6. The van der Waals surface area contributed by atoms with Gasteiger partial charge in [0.2, 0.25) is 0 Å². The van der Waals surface area contributed by atoms with Crippen molar-refractivity contribution in [3.05, 3.63) is 70.2 Å². The predicted molar refractivity (Wildman–Crippen MR) is 116 cm³/mol. The van der Waals surface area contributed by atoms with Crippen LogP contribution in [0, 0.1) is 6.92 Å². The van der Waals surface area contributed by atoms with Crippen LogP contribution < -0.4 is 0 Å². The van der Waals surface area contributed by atoms with E-state index in [4.69, 9.17) is 11.6 Å². The molecule has 25 heavy (non-hydrogen) atoms. The molecule has 0 aliphatic heterocycles. The normalized spacial score (nSPS) is 14.7. The number of fused-ring (bicyclic) bond motifs is 1. The predicted octanol–water partition coefficient (Wildman–Crippen LogP) is 8.61. The standard InChI is InChI=1S/C11H14.C7H7Cl.C5H12.CH4/c1-9-5-4-7-10-6-2-3-8-11(9)10;1-6-4-2-3-5-7(6)8;1-3-5-4-2;/h2-3,6,8-9H,4-5,7H2,1H3;2-5H,1H3;3-5H2,1-2H3;1H4. The van der Waals surface area contributed by atoms with Crippen LogP contribution in [0.1, 0.15) is 82.9 Å². The number of benzene rings is 2. The van der Waals surface area contributed by atoms with Gasteiger partial charge in [0.25, 0.3) is 0 Å². The Morgan fingerprint density at radius 1 is 0.960 bits per heavy atom. The van der Waals surface area contributed by atoms with Gasteiger partial charge in [0.15, 0.2) is 0 Å². The fourth-order valence-corrected chi connectivity index (χ4v) is 3.04. The molecule has 0 N–H and O–H groups in total. The fraction of sp³-hybridized carbons (Fsp3) is 0.500. The third kappa shape index (κ3) is 9.12. The average Bonchev–Trinajstić information content (AvgIpc) is 2.60. The second kappa shape index (κ2) is 14.0. The first kappa shape index (κ1) is 23.7. The Morgan fingerprint density at radius 3 is 2.04 bits per heavy atom. The molecule has 1 aliphatic carbocycles. The molecule has 0 saturated heterocycles. The topological polar surface area (TPSA) is 0 Å². The molecule has 140 valence electrons. The second-order valence-electron chi connectivity index (χ2n) is 6.59. The van der Waals surface area contributed by atoms with Crippen molar-refractivity contribution in [2.75, 3.05) is 0 Å².